The lowest BCUT2D eigenvalue weighted by Gasteiger charge is -2.03. The van der Waals surface area contributed by atoms with Gasteiger partial charge in [0, 0.05) is 6.20 Å². The van der Waals surface area contributed by atoms with Crippen molar-refractivity contribution in [1.29, 1.82) is 0 Å². The van der Waals surface area contributed by atoms with Crippen LogP contribution in [0, 0.1) is 0 Å². The van der Waals surface area contributed by atoms with Crippen LogP contribution in [0.25, 0.3) is 0 Å². The highest BCUT2D eigenvalue weighted by atomic mass is 16.5. The molecular weight excluding hydrogens is 174 g/mol. The number of aromatic nitrogens is 1. The fourth-order valence-electron chi connectivity index (χ4n) is 0.748. The van der Waals surface area contributed by atoms with Crippen LogP contribution in [0.2, 0.25) is 0 Å². The number of carboxylic acid groups (broad SMARTS) is 1. The van der Waals surface area contributed by atoms with Gasteiger partial charge in [0.15, 0.2) is 12.9 Å². The second kappa shape index (κ2) is 4.20. The Morgan fingerprint density at radius 2 is 2.46 bits per heavy atom. The molecule has 0 aromatic carbocycles. The lowest BCUT2D eigenvalue weighted by atomic mass is 10.3. The summed E-state index contributed by atoms with van der Waals surface area (Å²) in [5.41, 5.74) is 0.288. The van der Waals surface area contributed by atoms with E-state index >= 15 is 0 Å². The van der Waals surface area contributed by atoms with E-state index in [1.807, 2.05) is 0 Å². The van der Waals surface area contributed by atoms with Crippen molar-refractivity contribution in [2.24, 2.45) is 0 Å². The number of aliphatic carboxylic acids is 1. The summed E-state index contributed by atoms with van der Waals surface area (Å²) in [7, 11) is 0. The maximum atomic E-state index is 10.4. The molecule has 5 nitrogen and oxygen atoms in total. The zero-order valence-corrected chi connectivity index (χ0v) is 6.64. The van der Waals surface area contributed by atoms with Crippen LogP contribution in [0.1, 0.15) is 10.4 Å². The number of pyridine rings is 1. The SMILES string of the molecule is O=Cc1ccncc1OCC(=O)O. The highest BCUT2D eigenvalue weighted by Crippen LogP contribution is 2.13. The third kappa shape index (κ3) is 2.55. The molecule has 0 radical (unpaired) electrons. The Morgan fingerprint density at radius 1 is 1.69 bits per heavy atom. The number of carbonyl (C=O) groups is 2. The molecule has 0 saturated carbocycles. The number of carboxylic acids is 1. The number of hydrogen-bond donors (Lipinski definition) is 1. The van der Waals surface area contributed by atoms with Crippen LogP contribution in [0.15, 0.2) is 18.5 Å². The van der Waals surface area contributed by atoms with Gasteiger partial charge < -0.3 is 9.84 Å². The second-order valence-corrected chi connectivity index (χ2v) is 2.21. The van der Waals surface area contributed by atoms with Crippen molar-refractivity contribution in [3.63, 3.8) is 0 Å². The van der Waals surface area contributed by atoms with Crippen LogP contribution in [0.3, 0.4) is 0 Å². The van der Waals surface area contributed by atoms with Gasteiger partial charge >= 0.3 is 5.97 Å². The first-order chi connectivity index (χ1) is 6.24. The summed E-state index contributed by atoms with van der Waals surface area (Å²) >= 11 is 0. The van der Waals surface area contributed by atoms with Gasteiger partial charge in [0.1, 0.15) is 5.75 Å². The van der Waals surface area contributed by atoms with E-state index in [4.69, 9.17) is 9.84 Å². The van der Waals surface area contributed by atoms with E-state index in [1.165, 1.54) is 18.5 Å². The molecule has 0 fully saturated rings. The zero-order chi connectivity index (χ0) is 9.68. The van der Waals surface area contributed by atoms with Crippen molar-refractivity contribution < 1.29 is 19.4 Å². The Hall–Kier alpha value is -1.91. The van der Waals surface area contributed by atoms with E-state index in [0.29, 0.717) is 6.29 Å². The van der Waals surface area contributed by atoms with E-state index < -0.39 is 12.6 Å². The van der Waals surface area contributed by atoms with Gasteiger partial charge in [-0.05, 0) is 6.07 Å². The van der Waals surface area contributed by atoms with Gasteiger partial charge in [-0.1, -0.05) is 0 Å². The Balaban J connectivity index is 2.75. The van der Waals surface area contributed by atoms with Crippen molar-refractivity contribution in [2.45, 2.75) is 0 Å². The molecule has 13 heavy (non-hydrogen) atoms. The summed E-state index contributed by atoms with van der Waals surface area (Å²) in [5, 5.41) is 8.30. The standard InChI is InChI=1S/C8H7NO4/c10-4-6-1-2-9-3-7(6)13-5-8(11)12/h1-4H,5H2,(H,11,12). The summed E-state index contributed by atoms with van der Waals surface area (Å²) < 4.78 is 4.80. The topological polar surface area (TPSA) is 76.5 Å². The van der Waals surface area contributed by atoms with Crippen molar-refractivity contribution in [3.8, 4) is 5.75 Å². The van der Waals surface area contributed by atoms with Gasteiger partial charge in [0.05, 0.1) is 11.8 Å². The summed E-state index contributed by atoms with van der Waals surface area (Å²) in [5.74, 6) is -0.916. The minimum Gasteiger partial charge on any atom is -0.480 e. The molecule has 0 aliphatic heterocycles. The number of nitrogens with zero attached hydrogens (tertiary/aromatic N) is 1. The van der Waals surface area contributed by atoms with Crippen LogP contribution in [0.5, 0.6) is 5.75 Å². The Kier molecular flexibility index (Phi) is 2.97. The van der Waals surface area contributed by atoms with E-state index in [0.717, 1.165) is 0 Å². The van der Waals surface area contributed by atoms with Gasteiger partial charge in [-0.25, -0.2) is 4.79 Å². The molecule has 0 spiro atoms. The van der Waals surface area contributed by atoms with Crippen LogP contribution in [-0.4, -0.2) is 29.0 Å². The molecule has 1 aromatic heterocycles. The van der Waals surface area contributed by atoms with Gasteiger partial charge in [-0.3, -0.25) is 9.78 Å². The number of ether oxygens (including phenoxy) is 1. The van der Waals surface area contributed by atoms with E-state index in [9.17, 15) is 9.59 Å². The molecule has 0 saturated heterocycles. The highest BCUT2D eigenvalue weighted by Gasteiger charge is 2.04. The first-order valence-electron chi connectivity index (χ1n) is 3.48. The first-order valence-corrected chi connectivity index (χ1v) is 3.48. The zero-order valence-electron chi connectivity index (χ0n) is 6.64. The summed E-state index contributed by atoms with van der Waals surface area (Å²) in [6.45, 7) is -0.480. The molecular formula is C8H7NO4. The third-order valence-electron chi connectivity index (χ3n) is 1.29. The number of aldehydes is 1. The van der Waals surface area contributed by atoms with Crippen molar-refractivity contribution >= 4 is 12.3 Å². The maximum Gasteiger partial charge on any atom is 0.341 e. The molecule has 0 unspecified atom stereocenters. The minimum absolute atomic E-state index is 0.180. The predicted molar refractivity (Wildman–Crippen MR) is 42.8 cm³/mol. The fourth-order valence-corrected chi connectivity index (χ4v) is 0.748. The summed E-state index contributed by atoms with van der Waals surface area (Å²) in [4.78, 5) is 24.2. The molecule has 0 amide bonds. The monoisotopic (exact) mass is 181 g/mol. The predicted octanol–water partition coefficient (Wildman–Crippen LogP) is 0.357. The van der Waals surface area contributed by atoms with Crippen molar-refractivity contribution in [3.05, 3.63) is 24.0 Å². The molecule has 1 aromatic rings. The van der Waals surface area contributed by atoms with Gasteiger partial charge in [0.25, 0.3) is 0 Å². The maximum absolute atomic E-state index is 10.4. The number of carbonyl (C=O) groups excluding carboxylic acids is 1. The van der Waals surface area contributed by atoms with E-state index in [-0.39, 0.29) is 11.3 Å². The van der Waals surface area contributed by atoms with E-state index in [1.54, 1.807) is 0 Å². The number of rotatable bonds is 4. The van der Waals surface area contributed by atoms with Gasteiger partial charge in [-0.2, -0.15) is 0 Å². The van der Waals surface area contributed by atoms with Crippen molar-refractivity contribution in [2.75, 3.05) is 6.61 Å². The van der Waals surface area contributed by atoms with Crippen LogP contribution in [-0.2, 0) is 4.79 Å². The van der Waals surface area contributed by atoms with E-state index in [2.05, 4.69) is 4.98 Å². The largest absolute Gasteiger partial charge is 0.480 e. The van der Waals surface area contributed by atoms with Crippen LogP contribution >= 0.6 is 0 Å². The molecule has 1 heterocycles. The average molecular weight is 181 g/mol. The molecule has 68 valence electrons. The molecule has 0 aliphatic rings. The smallest absolute Gasteiger partial charge is 0.341 e. The van der Waals surface area contributed by atoms with Crippen LogP contribution < -0.4 is 4.74 Å². The highest BCUT2D eigenvalue weighted by molar-refractivity contribution is 5.79. The Morgan fingerprint density at radius 3 is 3.08 bits per heavy atom. The minimum atomic E-state index is -1.10. The quantitative estimate of drug-likeness (QED) is 0.678. The molecule has 0 atom stereocenters. The molecule has 5 heteroatoms. The van der Waals surface area contributed by atoms with Gasteiger partial charge in [-0.15, -0.1) is 0 Å². The van der Waals surface area contributed by atoms with Gasteiger partial charge in [0.2, 0.25) is 0 Å². The average Bonchev–Trinajstić information content (AvgIpc) is 2.15. The van der Waals surface area contributed by atoms with Crippen molar-refractivity contribution in [1.82, 2.24) is 4.98 Å². The van der Waals surface area contributed by atoms with Crippen LogP contribution in [0.4, 0.5) is 0 Å². The lowest BCUT2D eigenvalue weighted by molar-refractivity contribution is -0.139. The summed E-state index contributed by atoms with van der Waals surface area (Å²) in [6.07, 6.45) is 3.31. The third-order valence-corrected chi connectivity index (χ3v) is 1.29. The molecule has 1 N–H and O–H groups in total. The molecule has 0 bridgehead atoms. The lowest BCUT2D eigenvalue weighted by Crippen LogP contribution is -2.10. The Labute approximate surface area is 74.0 Å². The first kappa shape index (κ1) is 9.18. The fraction of sp³-hybridized carbons (Fsp3) is 0.125. The number of hydrogen-bond acceptors (Lipinski definition) is 4. The molecule has 0 aliphatic carbocycles. The second-order valence-electron chi connectivity index (χ2n) is 2.21. The normalized spacial score (nSPS) is 9.23. The molecule has 1 rings (SSSR count). The summed E-state index contributed by atoms with van der Waals surface area (Å²) in [6, 6.07) is 1.45. The Bertz CT molecular complexity index is 324.